The molecule has 0 fully saturated rings. The van der Waals surface area contributed by atoms with E-state index in [1.165, 1.54) is 151 Å². The van der Waals surface area contributed by atoms with Crippen LogP contribution in [0, 0.1) is 0 Å². The SMILES string of the molecule is c1ccc(-c2ccc(-c3cccc(-c4cc(-c5cccc6c5oc5ccccc56)c5c(c4)sc4ccccc45)c3)cc2)cc1.c1ccc(-c2cccc(-c3cccc(-c4cc(-c5cccc6c5sc5ccccc56)c5c(c4)oc4ccccc45)c3)c2)cc1.c1ccc(-c2cccc(-c3ccccc3-c3cccc(-c4cc(-c5cccc6c5oc5ccccc56)c5c(c4)oc4ccccc45)c3)c2)cc1. The van der Waals surface area contributed by atoms with Gasteiger partial charge in [-0.2, -0.15) is 0 Å². The average molecular weight is 1800 g/mol. The van der Waals surface area contributed by atoms with Gasteiger partial charge in [-0.15, -0.1) is 22.7 Å². The number of hydrogen-bond donors (Lipinski definition) is 0. The molecular formula is C132H82O4S2. The molecule has 28 aromatic rings. The van der Waals surface area contributed by atoms with Crippen LogP contribution in [0.2, 0.25) is 0 Å². The Balaban J connectivity index is 0.000000107. The van der Waals surface area contributed by atoms with Crippen molar-refractivity contribution >= 4 is 151 Å². The van der Waals surface area contributed by atoms with Gasteiger partial charge in [0.25, 0.3) is 0 Å². The van der Waals surface area contributed by atoms with Crippen molar-refractivity contribution in [2.24, 2.45) is 0 Å². The molecule has 0 unspecified atom stereocenters. The molecule has 646 valence electrons. The van der Waals surface area contributed by atoms with Gasteiger partial charge in [0.1, 0.15) is 44.7 Å². The van der Waals surface area contributed by atoms with Gasteiger partial charge in [0.2, 0.25) is 0 Å². The predicted octanol–water partition coefficient (Wildman–Crippen LogP) is 39.1. The van der Waals surface area contributed by atoms with Crippen molar-refractivity contribution < 1.29 is 17.7 Å². The van der Waals surface area contributed by atoms with Gasteiger partial charge in [0, 0.05) is 100 Å². The van der Waals surface area contributed by atoms with Crippen molar-refractivity contribution in [3.05, 3.63) is 497 Å². The number of benzene rings is 22. The summed E-state index contributed by atoms with van der Waals surface area (Å²) >= 11 is 3.73. The quantitative estimate of drug-likeness (QED) is 0.115. The average Bonchev–Trinajstić information content (AvgIpc) is 1.58. The third kappa shape index (κ3) is 14.7. The number of rotatable bonds is 13. The lowest BCUT2D eigenvalue weighted by Gasteiger charge is -2.14. The molecule has 0 aliphatic carbocycles. The Morgan fingerprint density at radius 2 is 0.406 bits per heavy atom. The minimum absolute atomic E-state index is 0.857. The van der Waals surface area contributed by atoms with Gasteiger partial charge in [0.15, 0.2) is 0 Å². The molecule has 22 aromatic carbocycles. The van der Waals surface area contributed by atoms with Crippen LogP contribution in [0.3, 0.4) is 0 Å². The van der Waals surface area contributed by atoms with E-state index in [0.29, 0.717) is 0 Å². The van der Waals surface area contributed by atoms with E-state index >= 15 is 0 Å². The first-order valence-corrected chi connectivity index (χ1v) is 48.5. The van der Waals surface area contributed by atoms with Crippen molar-refractivity contribution in [2.45, 2.75) is 0 Å². The number of furan rings is 4. The van der Waals surface area contributed by atoms with E-state index in [4.69, 9.17) is 17.7 Å². The second-order valence-electron chi connectivity index (χ2n) is 35.5. The van der Waals surface area contributed by atoms with Crippen molar-refractivity contribution in [2.75, 3.05) is 0 Å². The summed E-state index contributed by atoms with van der Waals surface area (Å²) in [7, 11) is 0. The maximum Gasteiger partial charge on any atom is 0.143 e. The van der Waals surface area contributed by atoms with Crippen molar-refractivity contribution in [3.63, 3.8) is 0 Å². The molecule has 0 spiro atoms. The van der Waals surface area contributed by atoms with E-state index in [1.807, 2.05) is 59.1 Å². The van der Waals surface area contributed by atoms with Gasteiger partial charge >= 0.3 is 0 Å². The molecule has 6 heterocycles. The van der Waals surface area contributed by atoms with Crippen LogP contribution in [0.1, 0.15) is 0 Å². The smallest absolute Gasteiger partial charge is 0.143 e. The van der Waals surface area contributed by atoms with Gasteiger partial charge in [-0.3, -0.25) is 0 Å². The van der Waals surface area contributed by atoms with E-state index in [9.17, 15) is 0 Å². The summed E-state index contributed by atoms with van der Waals surface area (Å²) in [5.41, 5.74) is 37.9. The van der Waals surface area contributed by atoms with Gasteiger partial charge in [-0.05, 0) is 231 Å². The highest BCUT2D eigenvalue weighted by Gasteiger charge is 2.25. The highest BCUT2D eigenvalue weighted by atomic mass is 32.1. The second kappa shape index (κ2) is 34.5. The van der Waals surface area contributed by atoms with E-state index in [2.05, 4.69) is 461 Å². The first-order valence-electron chi connectivity index (χ1n) is 46.8. The molecule has 0 atom stereocenters. The normalized spacial score (nSPS) is 11.6. The highest BCUT2D eigenvalue weighted by Crippen LogP contribution is 2.51. The maximum atomic E-state index is 6.56. The molecule has 4 nitrogen and oxygen atoms in total. The summed E-state index contributed by atoms with van der Waals surface area (Å²) in [6.07, 6.45) is 0. The Hall–Kier alpha value is -17.5. The maximum absolute atomic E-state index is 6.56. The lowest BCUT2D eigenvalue weighted by molar-refractivity contribution is 0.668. The van der Waals surface area contributed by atoms with Crippen LogP contribution in [0.5, 0.6) is 0 Å². The number of para-hydroxylation sites is 6. The molecule has 28 rings (SSSR count). The highest BCUT2D eigenvalue weighted by molar-refractivity contribution is 7.26. The van der Waals surface area contributed by atoms with Crippen LogP contribution in [-0.4, -0.2) is 0 Å². The fraction of sp³-hybridized carbons (Fsp3) is 0. The summed E-state index contributed by atoms with van der Waals surface area (Å²) in [5.74, 6) is 0. The summed E-state index contributed by atoms with van der Waals surface area (Å²) in [6, 6.07) is 178. The van der Waals surface area contributed by atoms with Gasteiger partial charge in [0.05, 0.1) is 0 Å². The molecule has 0 bridgehead atoms. The topological polar surface area (TPSA) is 52.6 Å². The van der Waals surface area contributed by atoms with Crippen molar-refractivity contribution in [3.8, 4) is 145 Å². The summed E-state index contributed by atoms with van der Waals surface area (Å²) in [6.45, 7) is 0. The zero-order valence-corrected chi connectivity index (χ0v) is 76.4. The lowest BCUT2D eigenvalue weighted by Crippen LogP contribution is -1.88. The van der Waals surface area contributed by atoms with Crippen molar-refractivity contribution in [1.29, 1.82) is 0 Å². The van der Waals surface area contributed by atoms with Crippen LogP contribution in [0.15, 0.2) is 515 Å². The first kappa shape index (κ1) is 81.3. The molecule has 6 aromatic heterocycles. The van der Waals surface area contributed by atoms with E-state index in [-0.39, 0.29) is 0 Å². The predicted molar refractivity (Wildman–Crippen MR) is 585 cm³/mol. The Morgan fingerprint density at radius 3 is 0.870 bits per heavy atom. The molecule has 0 saturated heterocycles. The Morgan fingerprint density at radius 1 is 0.123 bits per heavy atom. The molecule has 138 heavy (non-hydrogen) atoms. The Labute approximate surface area is 804 Å². The molecule has 0 N–H and O–H groups in total. The van der Waals surface area contributed by atoms with Crippen LogP contribution >= 0.6 is 22.7 Å². The van der Waals surface area contributed by atoms with Crippen LogP contribution in [0.4, 0.5) is 0 Å². The standard InChI is InChI=1S/C48H30O2.2C42H26OS/c1-2-13-31(14-3-1)32-15-10-17-34(27-32)37-19-4-5-20-38(37)35-18-11-16-33(28-35)36-29-43(47-42-22-7-9-26-45(42)49-46(47)30-36)41-24-12-23-40-39-21-6-8-25-44(39)50-48(40)41;1-2-11-27(12-3-1)28-13-8-14-29(23-28)30-15-9-16-31(24-30)32-25-37(41-36-18-4-6-21-38(36)43-39(41)26-32)35-20-10-19-34-33-17-5-7-22-40(33)44-42(34)35;1-2-10-27(11-3-1)28-20-22-29(23-21-28)30-12-8-13-31(24-30)32-25-37(41-36-15-5-7-19-39(36)44-40(41)26-32)35-17-9-16-34-33-14-4-6-18-38(33)43-42(34)35/h1-30H;2*1-26H. The van der Waals surface area contributed by atoms with Crippen LogP contribution in [0.25, 0.3) is 273 Å². The fourth-order valence-corrected chi connectivity index (χ4v) is 23.1. The third-order valence-electron chi connectivity index (χ3n) is 27.3. The van der Waals surface area contributed by atoms with Gasteiger partial charge < -0.3 is 17.7 Å². The summed E-state index contributed by atoms with van der Waals surface area (Å²) < 4.78 is 31.4. The molecule has 0 aliphatic rings. The van der Waals surface area contributed by atoms with E-state index in [1.54, 1.807) is 0 Å². The second-order valence-corrected chi connectivity index (χ2v) is 37.6. The molecule has 0 saturated carbocycles. The number of fused-ring (bicyclic) bond motifs is 18. The minimum atomic E-state index is 0.857. The zero-order valence-electron chi connectivity index (χ0n) is 74.8. The van der Waals surface area contributed by atoms with Gasteiger partial charge in [-0.1, -0.05) is 394 Å². The third-order valence-corrected chi connectivity index (χ3v) is 29.6. The summed E-state index contributed by atoms with van der Waals surface area (Å²) in [4.78, 5) is 0. The number of hydrogen-bond acceptors (Lipinski definition) is 6. The molecule has 0 aliphatic heterocycles. The molecule has 0 amide bonds. The monoisotopic (exact) mass is 1790 g/mol. The minimum Gasteiger partial charge on any atom is -0.456 e. The van der Waals surface area contributed by atoms with Crippen LogP contribution in [-0.2, 0) is 0 Å². The Kier molecular flexibility index (Phi) is 20.3. The summed E-state index contributed by atoms with van der Waals surface area (Å²) in [5, 5.41) is 14.2. The van der Waals surface area contributed by atoms with Gasteiger partial charge in [-0.25, -0.2) is 0 Å². The zero-order chi connectivity index (χ0) is 91.1. The number of thiophene rings is 2. The largest absolute Gasteiger partial charge is 0.456 e. The fourth-order valence-electron chi connectivity index (χ4n) is 20.7. The Bertz CT molecular complexity index is 9600. The molecule has 6 heteroatoms. The van der Waals surface area contributed by atoms with E-state index < -0.39 is 0 Å². The molecule has 0 radical (unpaired) electrons. The lowest BCUT2D eigenvalue weighted by atomic mass is 9.90. The van der Waals surface area contributed by atoms with Crippen LogP contribution < -0.4 is 0 Å². The molecular weight excluding hydrogens is 1710 g/mol. The van der Waals surface area contributed by atoms with E-state index in [0.717, 1.165) is 121 Å². The first-order chi connectivity index (χ1) is 68.4. The van der Waals surface area contributed by atoms with Crippen molar-refractivity contribution in [1.82, 2.24) is 0 Å².